The minimum Gasteiger partial charge on any atom is -0.295 e. The van der Waals surface area contributed by atoms with E-state index in [-0.39, 0.29) is 5.78 Å². The zero-order chi connectivity index (χ0) is 10.6. The molecule has 1 aromatic rings. The molecule has 0 amide bonds. The van der Waals surface area contributed by atoms with Crippen LogP contribution in [0.1, 0.15) is 26.0 Å². The Kier molecular flexibility index (Phi) is 3.63. The third-order valence-corrected chi connectivity index (χ3v) is 2.00. The third-order valence-electron chi connectivity index (χ3n) is 2.00. The van der Waals surface area contributed by atoms with Gasteiger partial charge in [-0.2, -0.15) is 5.10 Å². The molecule has 0 saturated heterocycles. The molecule has 14 heavy (non-hydrogen) atoms. The van der Waals surface area contributed by atoms with Crippen LogP contribution in [0.25, 0.3) is 0 Å². The Hall–Kier alpha value is -1.38. The van der Waals surface area contributed by atoms with Crippen LogP contribution in [0.4, 0.5) is 0 Å². The van der Waals surface area contributed by atoms with Crippen LogP contribution in [-0.4, -0.2) is 15.6 Å². The highest BCUT2D eigenvalue weighted by molar-refractivity contribution is 5.90. The topological polar surface area (TPSA) is 34.9 Å². The fourth-order valence-electron chi connectivity index (χ4n) is 1.29. The number of aryl methyl sites for hydroxylation is 2. The minimum absolute atomic E-state index is 0.186. The lowest BCUT2D eigenvalue weighted by Gasteiger charge is -1.99. The van der Waals surface area contributed by atoms with Gasteiger partial charge in [0.15, 0.2) is 5.78 Å². The predicted molar refractivity (Wildman–Crippen MR) is 56.0 cm³/mol. The summed E-state index contributed by atoms with van der Waals surface area (Å²) in [5.41, 5.74) is 2.15. The molecule has 0 bridgehead atoms. The van der Waals surface area contributed by atoms with Crippen LogP contribution >= 0.6 is 0 Å². The summed E-state index contributed by atoms with van der Waals surface area (Å²) in [7, 11) is 1.89. The van der Waals surface area contributed by atoms with Gasteiger partial charge in [0.05, 0.1) is 0 Å². The van der Waals surface area contributed by atoms with Crippen LogP contribution in [0.15, 0.2) is 23.9 Å². The van der Waals surface area contributed by atoms with E-state index in [1.807, 2.05) is 27.0 Å². The van der Waals surface area contributed by atoms with Crippen molar-refractivity contribution in [1.82, 2.24) is 9.78 Å². The average molecular weight is 192 g/mol. The maximum atomic E-state index is 11.4. The van der Waals surface area contributed by atoms with E-state index in [0.29, 0.717) is 6.42 Å². The summed E-state index contributed by atoms with van der Waals surface area (Å²) in [5.74, 6) is 0.186. The first kappa shape index (κ1) is 10.7. The van der Waals surface area contributed by atoms with Gasteiger partial charge in [0.2, 0.25) is 0 Å². The van der Waals surface area contributed by atoms with E-state index in [1.54, 1.807) is 17.0 Å². The zero-order valence-corrected chi connectivity index (χ0v) is 8.95. The van der Waals surface area contributed by atoms with Gasteiger partial charge in [0.1, 0.15) is 0 Å². The van der Waals surface area contributed by atoms with Crippen molar-refractivity contribution in [3.63, 3.8) is 0 Å². The summed E-state index contributed by atoms with van der Waals surface area (Å²) in [6, 6.07) is 1.94. The number of carbonyl (C=O) groups is 1. The molecule has 0 aliphatic carbocycles. The van der Waals surface area contributed by atoms with E-state index < -0.39 is 0 Å². The highest BCUT2D eigenvalue weighted by atomic mass is 16.1. The standard InChI is InChI=1S/C11H16N2O/c1-9(2)8-11(14)5-4-10-6-7-12-13(10)3/h6-8H,4-5H2,1-3H3. The van der Waals surface area contributed by atoms with Crippen LogP contribution in [0.3, 0.4) is 0 Å². The van der Waals surface area contributed by atoms with Crippen molar-refractivity contribution in [1.29, 1.82) is 0 Å². The largest absolute Gasteiger partial charge is 0.295 e. The Morgan fingerprint density at radius 1 is 1.57 bits per heavy atom. The average Bonchev–Trinajstić information content (AvgIpc) is 2.46. The number of ketones is 1. The van der Waals surface area contributed by atoms with Gasteiger partial charge in [-0.3, -0.25) is 9.48 Å². The molecule has 0 radical (unpaired) electrons. The smallest absolute Gasteiger partial charge is 0.156 e. The molecule has 1 heterocycles. The molecule has 1 aromatic heterocycles. The molecule has 1 rings (SSSR count). The second kappa shape index (κ2) is 4.74. The molecule has 0 saturated carbocycles. The monoisotopic (exact) mass is 192 g/mol. The summed E-state index contributed by atoms with van der Waals surface area (Å²) in [5, 5.41) is 4.05. The molecule has 0 unspecified atom stereocenters. The lowest BCUT2D eigenvalue weighted by Crippen LogP contribution is -2.02. The van der Waals surface area contributed by atoms with Crippen molar-refractivity contribution in [3.8, 4) is 0 Å². The Balaban J connectivity index is 2.46. The first-order chi connectivity index (χ1) is 6.59. The van der Waals surface area contributed by atoms with Crippen LogP contribution in [0.5, 0.6) is 0 Å². The quantitative estimate of drug-likeness (QED) is 0.683. The number of aromatic nitrogens is 2. The lowest BCUT2D eigenvalue weighted by atomic mass is 10.1. The Labute approximate surface area is 84.4 Å². The second-order valence-electron chi connectivity index (χ2n) is 3.63. The number of nitrogens with zero attached hydrogens (tertiary/aromatic N) is 2. The maximum Gasteiger partial charge on any atom is 0.156 e. The normalized spacial score (nSPS) is 9.93. The van der Waals surface area contributed by atoms with Crippen molar-refractivity contribution in [2.24, 2.45) is 7.05 Å². The van der Waals surface area contributed by atoms with Crippen molar-refractivity contribution in [2.75, 3.05) is 0 Å². The summed E-state index contributed by atoms with van der Waals surface area (Å²) in [6.07, 6.45) is 4.76. The summed E-state index contributed by atoms with van der Waals surface area (Å²) < 4.78 is 1.80. The first-order valence-corrected chi connectivity index (χ1v) is 4.74. The zero-order valence-electron chi connectivity index (χ0n) is 8.95. The molecule has 3 nitrogen and oxygen atoms in total. The highest BCUT2D eigenvalue weighted by Gasteiger charge is 2.02. The molecule has 0 aliphatic heterocycles. The molecule has 0 atom stereocenters. The van der Waals surface area contributed by atoms with Gasteiger partial charge < -0.3 is 0 Å². The SMILES string of the molecule is CC(C)=CC(=O)CCc1ccnn1C. The van der Waals surface area contributed by atoms with Gasteiger partial charge >= 0.3 is 0 Å². The molecule has 3 heteroatoms. The number of rotatable bonds is 4. The number of hydrogen-bond donors (Lipinski definition) is 0. The third kappa shape index (κ3) is 3.17. The maximum absolute atomic E-state index is 11.4. The van der Waals surface area contributed by atoms with E-state index in [0.717, 1.165) is 17.7 Å². The summed E-state index contributed by atoms with van der Waals surface area (Å²) in [4.78, 5) is 11.4. The van der Waals surface area contributed by atoms with Crippen LogP contribution in [-0.2, 0) is 18.3 Å². The summed E-state index contributed by atoms with van der Waals surface area (Å²) >= 11 is 0. The molecular weight excluding hydrogens is 176 g/mol. The molecule has 0 aromatic carbocycles. The Morgan fingerprint density at radius 2 is 2.29 bits per heavy atom. The first-order valence-electron chi connectivity index (χ1n) is 4.74. The van der Waals surface area contributed by atoms with E-state index in [4.69, 9.17) is 0 Å². The van der Waals surface area contributed by atoms with Crippen molar-refractivity contribution < 1.29 is 4.79 Å². The molecule has 0 fully saturated rings. The van der Waals surface area contributed by atoms with Gasteiger partial charge in [-0.1, -0.05) is 5.57 Å². The van der Waals surface area contributed by atoms with Crippen LogP contribution < -0.4 is 0 Å². The Bertz CT molecular complexity index is 346. The molecule has 0 aliphatic rings. The number of hydrogen-bond acceptors (Lipinski definition) is 2. The van der Waals surface area contributed by atoms with Gasteiger partial charge in [-0.15, -0.1) is 0 Å². The van der Waals surface area contributed by atoms with Crippen molar-refractivity contribution in [2.45, 2.75) is 26.7 Å². The van der Waals surface area contributed by atoms with E-state index in [1.165, 1.54) is 0 Å². The fourth-order valence-corrected chi connectivity index (χ4v) is 1.29. The molecule has 0 spiro atoms. The second-order valence-corrected chi connectivity index (χ2v) is 3.63. The molecule has 76 valence electrons. The van der Waals surface area contributed by atoms with E-state index in [9.17, 15) is 4.79 Å². The summed E-state index contributed by atoms with van der Waals surface area (Å²) in [6.45, 7) is 3.87. The van der Waals surface area contributed by atoms with Gasteiger partial charge in [0.25, 0.3) is 0 Å². The Morgan fingerprint density at radius 3 is 2.79 bits per heavy atom. The van der Waals surface area contributed by atoms with Crippen LogP contribution in [0, 0.1) is 0 Å². The van der Waals surface area contributed by atoms with Crippen molar-refractivity contribution >= 4 is 5.78 Å². The van der Waals surface area contributed by atoms with E-state index >= 15 is 0 Å². The van der Waals surface area contributed by atoms with Gasteiger partial charge in [0, 0.05) is 25.4 Å². The predicted octanol–water partition coefficient (Wildman–Crippen LogP) is 1.89. The molecular formula is C11H16N2O. The van der Waals surface area contributed by atoms with Crippen molar-refractivity contribution in [3.05, 3.63) is 29.6 Å². The lowest BCUT2D eigenvalue weighted by molar-refractivity contribution is -0.114. The minimum atomic E-state index is 0.186. The molecule has 0 N–H and O–H groups in total. The van der Waals surface area contributed by atoms with Gasteiger partial charge in [-0.25, -0.2) is 0 Å². The van der Waals surface area contributed by atoms with E-state index in [2.05, 4.69) is 5.10 Å². The van der Waals surface area contributed by atoms with Crippen LogP contribution in [0.2, 0.25) is 0 Å². The number of allylic oxidation sites excluding steroid dienone is 2. The number of carbonyl (C=O) groups excluding carboxylic acids is 1. The fraction of sp³-hybridized carbons (Fsp3) is 0.455. The van der Waals surface area contributed by atoms with Gasteiger partial charge in [-0.05, 0) is 32.4 Å². The highest BCUT2D eigenvalue weighted by Crippen LogP contribution is 2.02.